The van der Waals surface area contributed by atoms with Gasteiger partial charge in [0, 0.05) is 38.5 Å². The number of para-hydroxylation sites is 3. The molecule has 49 heavy (non-hydrogen) atoms. The summed E-state index contributed by atoms with van der Waals surface area (Å²) in [4.78, 5) is 2.41. The fourth-order valence-electron chi connectivity index (χ4n) is 7.59. The van der Waals surface area contributed by atoms with Gasteiger partial charge < -0.3 is 13.9 Å². The van der Waals surface area contributed by atoms with E-state index in [0.717, 1.165) is 66.8 Å². The lowest BCUT2D eigenvalue weighted by atomic mass is 10.0. The van der Waals surface area contributed by atoms with E-state index in [2.05, 4.69) is 191 Å². The van der Waals surface area contributed by atoms with Crippen LogP contribution in [0.5, 0.6) is 0 Å². The first kappa shape index (κ1) is 27.5. The molecule has 0 fully saturated rings. The minimum atomic E-state index is 0.891. The molecular weight excluding hydrogens is 597 g/mol. The van der Waals surface area contributed by atoms with E-state index in [9.17, 15) is 0 Å². The summed E-state index contributed by atoms with van der Waals surface area (Å²) in [7, 11) is 0. The average Bonchev–Trinajstić information content (AvgIpc) is 3.71. The van der Waals surface area contributed by atoms with Gasteiger partial charge in [-0.1, -0.05) is 127 Å². The number of benzene rings is 8. The Bertz CT molecular complexity index is 2750. The fourth-order valence-corrected chi connectivity index (χ4v) is 7.59. The largest absolute Gasteiger partial charge is 0.453 e. The third-order valence-corrected chi connectivity index (χ3v) is 9.75. The Hall–Kier alpha value is -6.58. The Labute approximate surface area is 283 Å². The van der Waals surface area contributed by atoms with Crippen LogP contribution in [0.1, 0.15) is 0 Å². The van der Waals surface area contributed by atoms with Gasteiger partial charge in [-0.05, 0) is 70.9 Å². The third-order valence-electron chi connectivity index (χ3n) is 9.75. The summed E-state index contributed by atoms with van der Waals surface area (Å²) in [5.74, 6) is 0. The third kappa shape index (κ3) is 4.29. The fraction of sp³-hybridized carbons (Fsp3) is 0. The maximum absolute atomic E-state index is 6.90. The normalized spacial score (nSPS) is 11.7. The second-order valence-electron chi connectivity index (χ2n) is 12.5. The molecule has 2 aromatic heterocycles. The highest BCUT2D eigenvalue weighted by molar-refractivity contribution is 6.18. The molecule has 10 aromatic rings. The predicted molar refractivity (Wildman–Crippen MR) is 206 cm³/mol. The summed E-state index contributed by atoms with van der Waals surface area (Å²) in [6.07, 6.45) is 0. The molecule has 0 aliphatic heterocycles. The molecule has 3 heteroatoms. The van der Waals surface area contributed by atoms with Crippen LogP contribution in [-0.4, -0.2) is 4.57 Å². The van der Waals surface area contributed by atoms with E-state index in [1.165, 1.54) is 21.5 Å². The lowest BCUT2D eigenvalue weighted by Crippen LogP contribution is -2.11. The molecule has 0 unspecified atom stereocenters. The van der Waals surface area contributed by atoms with Gasteiger partial charge in [-0.15, -0.1) is 0 Å². The number of hydrogen-bond donors (Lipinski definition) is 0. The summed E-state index contributed by atoms with van der Waals surface area (Å²) < 4.78 is 9.24. The van der Waals surface area contributed by atoms with E-state index in [1.807, 2.05) is 0 Å². The molecular formula is C46H30N2O. The van der Waals surface area contributed by atoms with Crippen molar-refractivity contribution in [2.45, 2.75) is 0 Å². The molecule has 3 nitrogen and oxygen atoms in total. The molecule has 10 rings (SSSR count). The topological polar surface area (TPSA) is 21.3 Å². The van der Waals surface area contributed by atoms with Gasteiger partial charge in [-0.2, -0.15) is 0 Å². The minimum absolute atomic E-state index is 0.891. The SMILES string of the molecule is c1ccc(-n2c3ccccc3c3oc4c(-c5cccc(N(c6cccc7ccccc67)c6cccc7ccccc67)c5)cccc4c32)cc1. The maximum Gasteiger partial charge on any atom is 0.161 e. The summed E-state index contributed by atoms with van der Waals surface area (Å²) in [6, 6.07) is 64.8. The molecule has 0 bridgehead atoms. The van der Waals surface area contributed by atoms with Gasteiger partial charge in [-0.3, -0.25) is 0 Å². The Balaban J connectivity index is 1.22. The van der Waals surface area contributed by atoms with Crippen LogP contribution in [0.3, 0.4) is 0 Å². The van der Waals surface area contributed by atoms with Crippen LogP contribution >= 0.6 is 0 Å². The van der Waals surface area contributed by atoms with E-state index < -0.39 is 0 Å². The van der Waals surface area contributed by atoms with E-state index in [-0.39, 0.29) is 0 Å². The number of aromatic nitrogens is 1. The summed E-state index contributed by atoms with van der Waals surface area (Å²) in [5, 5.41) is 7.02. The zero-order valence-corrected chi connectivity index (χ0v) is 26.6. The quantitative estimate of drug-likeness (QED) is 0.190. The van der Waals surface area contributed by atoms with E-state index in [4.69, 9.17) is 4.42 Å². The van der Waals surface area contributed by atoms with Crippen molar-refractivity contribution < 1.29 is 4.42 Å². The van der Waals surface area contributed by atoms with Crippen molar-refractivity contribution in [3.05, 3.63) is 182 Å². The van der Waals surface area contributed by atoms with Crippen LogP contribution in [0.25, 0.3) is 71.3 Å². The van der Waals surface area contributed by atoms with Gasteiger partial charge in [0.2, 0.25) is 0 Å². The van der Waals surface area contributed by atoms with Crippen LogP contribution in [-0.2, 0) is 0 Å². The van der Waals surface area contributed by atoms with Gasteiger partial charge in [0.1, 0.15) is 11.1 Å². The van der Waals surface area contributed by atoms with Gasteiger partial charge in [0.15, 0.2) is 5.58 Å². The van der Waals surface area contributed by atoms with Crippen LogP contribution in [0.15, 0.2) is 186 Å². The maximum atomic E-state index is 6.90. The monoisotopic (exact) mass is 626 g/mol. The Morgan fingerprint density at radius 3 is 1.73 bits per heavy atom. The van der Waals surface area contributed by atoms with Gasteiger partial charge in [0.05, 0.1) is 16.9 Å². The molecule has 0 atom stereocenters. The highest BCUT2D eigenvalue weighted by Crippen LogP contribution is 2.45. The number of hydrogen-bond acceptors (Lipinski definition) is 2. The van der Waals surface area contributed by atoms with Crippen LogP contribution < -0.4 is 4.90 Å². The minimum Gasteiger partial charge on any atom is -0.453 e. The predicted octanol–water partition coefficient (Wildman–Crippen LogP) is 13.0. The first-order valence-electron chi connectivity index (χ1n) is 16.7. The smallest absolute Gasteiger partial charge is 0.161 e. The van der Waals surface area contributed by atoms with Crippen molar-refractivity contribution in [2.24, 2.45) is 0 Å². The van der Waals surface area contributed by atoms with Gasteiger partial charge in [0.25, 0.3) is 0 Å². The molecule has 0 N–H and O–H groups in total. The molecule has 8 aromatic carbocycles. The van der Waals surface area contributed by atoms with Crippen molar-refractivity contribution in [3.63, 3.8) is 0 Å². The van der Waals surface area contributed by atoms with E-state index >= 15 is 0 Å². The Morgan fingerprint density at radius 2 is 1.00 bits per heavy atom. The molecule has 2 heterocycles. The molecule has 230 valence electrons. The van der Waals surface area contributed by atoms with Gasteiger partial charge in [-0.25, -0.2) is 0 Å². The zero-order chi connectivity index (χ0) is 32.3. The molecule has 0 aliphatic rings. The molecule has 0 spiro atoms. The van der Waals surface area contributed by atoms with Crippen molar-refractivity contribution in [2.75, 3.05) is 4.90 Å². The summed E-state index contributed by atoms with van der Waals surface area (Å²) in [5.41, 5.74) is 10.7. The number of fused-ring (bicyclic) bond motifs is 7. The summed E-state index contributed by atoms with van der Waals surface area (Å²) >= 11 is 0. The Morgan fingerprint density at radius 1 is 0.429 bits per heavy atom. The second kappa shape index (κ2) is 11.0. The van der Waals surface area contributed by atoms with Gasteiger partial charge >= 0.3 is 0 Å². The van der Waals surface area contributed by atoms with E-state index in [1.54, 1.807) is 0 Å². The highest BCUT2D eigenvalue weighted by Gasteiger charge is 2.22. The van der Waals surface area contributed by atoms with E-state index in [0.29, 0.717) is 0 Å². The van der Waals surface area contributed by atoms with Crippen molar-refractivity contribution in [3.8, 4) is 16.8 Å². The van der Waals surface area contributed by atoms with Crippen molar-refractivity contribution in [1.82, 2.24) is 4.57 Å². The number of nitrogens with zero attached hydrogens (tertiary/aromatic N) is 2. The number of furan rings is 1. The second-order valence-corrected chi connectivity index (χ2v) is 12.5. The lowest BCUT2D eigenvalue weighted by Gasteiger charge is -2.28. The standard InChI is InChI=1S/C46H30N2O/c1-2-19-34(20-3-1)48-43-27-9-8-24-39(43)46-44(48)40-26-13-25-38(45(40)49-46)33-18-10-21-35(30-33)47(41-28-11-16-31-14-4-6-22-36(31)41)42-29-12-17-32-15-5-7-23-37(32)42/h1-30H. The average molecular weight is 627 g/mol. The van der Waals surface area contributed by atoms with Crippen LogP contribution in [0, 0.1) is 0 Å². The first-order chi connectivity index (χ1) is 24.3. The molecule has 0 radical (unpaired) electrons. The zero-order valence-electron chi connectivity index (χ0n) is 26.6. The number of rotatable bonds is 5. The number of anilines is 3. The molecule has 0 saturated heterocycles. The molecule has 0 aliphatic carbocycles. The van der Waals surface area contributed by atoms with Crippen molar-refractivity contribution in [1.29, 1.82) is 0 Å². The van der Waals surface area contributed by atoms with Crippen molar-refractivity contribution >= 4 is 71.6 Å². The Kier molecular flexibility index (Phi) is 6.18. The lowest BCUT2D eigenvalue weighted by molar-refractivity contribution is 0.674. The summed E-state index contributed by atoms with van der Waals surface area (Å²) in [6.45, 7) is 0. The van der Waals surface area contributed by atoms with Crippen LogP contribution in [0.2, 0.25) is 0 Å². The molecule has 0 amide bonds. The van der Waals surface area contributed by atoms with Crippen LogP contribution in [0.4, 0.5) is 17.1 Å². The highest BCUT2D eigenvalue weighted by atomic mass is 16.3. The first-order valence-corrected chi connectivity index (χ1v) is 16.7. The molecule has 0 saturated carbocycles.